The van der Waals surface area contributed by atoms with Gasteiger partial charge in [0.2, 0.25) is 0 Å². The van der Waals surface area contributed by atoms with Gasteiger partial charge in [-0.05, 0) is 49.7 Å². The molecule has 1 unspecified atom stereocenters. The lowest BCUT2D eigenvalue weighted by atomic mass is 10.2. The zero-order chi connectivity index (χ0) is 19.4. The van der Waals surface area contributed by atoms with Gasteiger partial charge in [-0.3, -0.25) is 0 Å². The summed E-state index contributed by atoms with van der Waals surface area (Å²) in [4.78, 5) is 0. The van der Waals surface area contributed by atoms with E-state index in [4.69, 9.17) is 27.9 Å². The molecular weight excluding hydrogens is 408 g/mol. The van der Waals surface area contributed by atoms with Gasteiger partial charge in [0, 0.05) is 17.3 Å². The van der Waals surface area contributed by atoms with Gasteiger partial charge in [0.25, 0.3) is 0 Å². The lowest BCUT2D eigenvalue weighted by molar-refractivity contribution is 0.210. The van der Waals surface area contributed by atoms with Gasteiger partial charge in [0.1, 0.15) is 11.6 Å². The average molecular weight is 426 g/mol. The van der Waals surface area contributed by atoms with E-state index in [-0.39, 0.29) is 11.9 Å². The summed E-state index contributed by atoms with van der Waals surface area (Å²) < 4.78 is 21.0. The summed E-state index contributed by atoms with van der Waals surface area (Å²) in [6, 6.07) is 11.5. The summed E-state index contributed by atoms with van der Waals surface area (Å²) in [7, 11) is 0. The van der Waals surface area contributed by atoms with E-state index in [0.717, 1.165) is 10.7 Å². The summed E-state index contributed by atoms with van der Waals surface area (Å²) in [6.07, 6.45) is -0.337. The van der Waals surface area contributed by atoms with Crippen molar-refractivity contribution in [2.75, 3.05) is 0 Å². The maximum absolute atomic E-state index is 13.0. The van der Waals surface area contributed by atoms with E-state index in [0.29, 0.717) is 33.9 Å². The molecule has 0 aliphatic heterocycles. The molecule has 3 aromatic rings. The van der Waals surface area contributed by atoms with Crippen molar-refractivity contribution in [3.8, 4) is 5.75 Å². The van der Waals surface area contributed by atoms with Gasteiger partial charge in [-0.25, -0.2) is 4.39 Å². The molecule has 0 N–H and O–H groups in total. The van der Waals surface area contributed by atoms with E-state index in [1.54, 1.807) is 42.1 Å². The minimum Gasteiger partial charge on any atom is -0.481 e. The van der Waals surface area contributed by atoms with Gasteiger partial charge < -0.3 is 9.30 Å². The quantitative estimate of drug-likeness (QED) is 0.423. The van der Waals surface area contributed by atoms with Gasteiger partial charge in [-0.2, -0.15) is 0 Å². The van der Waals surface area contributed by atoms with Crippen molar-refractivity contribution in [3.63, 3.8) is 0 Å². The second kappa shape index (κ2) is 8.95. The molecule has 3 rings (SSSR count). The monoisotopic (exact) mass is 425 g/mol. The highest BCUT2D eigenvalue weighted by Gasteiger charge is 2.19. The number of ether oxygens (including phenoxy) is 1. The first-order valence-corrected chi connectivity index (χ1v) is 10.1. The molecule has 0 saturated heterocycles. The molecular formula is C19H18Cl2FN3OS. The Morgan fingerprint density at radius 3 is 2.56 bits per heavy atom. The summed E-state index contributed by atoms with van der Waals surface area (Å²) in [5.74, 6) is 1.69. The normalized spacial score (nSPS) is 12.2. The largest absolute Gasteiger partial charge is 0.481 e. The smallest absolute Gasteiger partial charge is 0.191 e. The van der Waals surface area contributed by atoms with Crippen LogP contribution in [0, 0.1) is 5.82 Å². The lowest BCUT2D eigenvalue weighted by Gasteiger charge is -2.16. The third-order valence-electron chi connectivity index (χ3n) is 3.90. The van der Waals surface area contributed by atoms with Crippen molar-refractivity contribution in [1.82, 2.24) is 14.8 Å². The van der Waals surface area contributed by atoms with E-state index >= 15 is 0 Å². The summed E-state index contributed by atoms with van der Waals surface area (Å²) >= 11 is 13.7. The zero-order valence-electron chi connectivity index (χ0n) is 14.8. The molecule has 142 valence electrons. The molecule has 0 amide bonds. The molecule has 27 heavy (non-hydrogen) atoms. The highest BCUT2D eigenvalue weighted by molar-refractivity contribution is 7.98. The van der Waals surface area contributed by atoms with Crippen LogP contribution in [0.5, 0.6) is 5.75 Å². The van der Waals surface area contributed by atoms with E-state index in [9.17, 15) is 4.39 Å². The van der Waals surface area contributed by atoms with Gasteiger partial charge in [0.05, 0.1) is 5.02 Å². The van der Waals surface area contributed by atoms with Crippen molar-refractivity contribution in [3.05, 3.63) is 69.7 Å². The Bertz CT molecular complexity index is 918. The Balaban J connectivity index is 1.73. The van der Waals surface area contributed by atoms with Crippen LogP contribution in [0.1, 0.15) is 31.3 Å². The first-order chi connectivity index (χ1) is 13.0. The third-order valence-corrected chi connectivity index (χ3v) is 5.47. The second-order valence-corrected chi connectivity index (χ2v) is 7.62. The number of hydrogen-bond donors (Lipinski definition) is 0. The molecule has 8 heteroatoms. The standard InChI is InChI=1S/C19H18Cl2FN3OS/c1-3-25-18(12(2)26-17-9-6-14(20)10-16(17)21)23-24-19(25)27-11-13-4-7-15(22)8-5-13/h4-10,12H,3,11H2,1-2H3. The van der Waals surface area contributed by atoms with Crippen LogP contribution in [0.4, 0.5) is 4.39 Å². The average Bonchev–Trinajstić information content (AvgIpc) is 3.06. The highest BCUT2D eigenvalue weighted by Crippen LogP contribution is 2.32. The molecule has 1 atom stereocenters. The first-order valence-electron chi connectivity index (χ1n) is 8.40. The molecule has 1 aromatic heterocycles. The minimum absolute atomic E-state index is 0.241. The molecule has 0 bridgehead atoms. The minimum atomic E-state index is -0.337. The molecule has 0 aliphatic rings. The lowest BCUT2D eigenvalue weighted by Crippen LogP contribution is -2.12. The molecule has 0 saturated carbocycles. The fraction of sp³-hybridized carbons (Fsp3) is 0.263. The van der Waals surface area contributed by atoms with Crippen molar-refractivity contribution >= 4 is 35.0 Å². The second-order valence-electron chi connectivity index (χ2n) is 5.83. The predicted octanol–water partition coefficient (Wildman–Crippen LogP) is 6.18. The number of thioether (sulfide) groups is 1. The summed E-state index contributed by atoms with van der Waals surface area (Å²) in [5, 5.41) is 10.4. The molecule has 0 radical (unpaired) electrons. The van der Waals surface area contributed by atoms with Crippen LogP contribution in [0.15, 0.2) is 47.6 Å². The van der Waals surface area contributed by atoms with E-state index in [2.05, 4.69) is 10.2 Å². The molecule has 1 heterocycles. The maximum atomic E-state index is 13.0. The van der Waals surface area contributed by atoms with Crippen LogP contribution in [0.2, 0.25) is 10.0 Å². The molecule has 0 aliphatic carbocycles. The van der Waals surface area contributed by atoms with Crippen LogP contribution in [0.3, 0.4) is 0 Å². The molecule has 0 fully saturated rings. The molecule has 4 nitrogen and oxygen atoms in total. The Morgan fingerprint density at radius 1 is 1.15 bits per heavy atom. The Labute approximate surface area is 171 Å². The Hall–Kier alpha value is -1.76. The predicted molar refractivity (Wildman–Crippen MR) is 107 cm³/mol. The van der Waals surface area contributed by atoms with Crippen LogP contribution in [-0.4, -0.2) is 14.8 Å². The number of hydrogen-bond acceptors (Lipinski definition) is 4. The fourth-order valence-corrected chi connectivity index (χ4v) is 3.97. The van der Waals surface area contributed by atoms with Crippen molar-refractivity contribution in [1.29, 1.82) is 0 Å². The van der Waals surface area contributed by atoms with E-state index in [1.165, 1.54) is 12.1 Å². The van der Waals surface area contributed by atoms with Crippen molar-refractivity contribution < 1.29 is 9.13 Å². The molecule has 2 aromatic carbocycles. The third kappa shape index (κ3) is 4.94. The number of rotatable bonds is 7. The number of aromatic nitrogens is 3. The summed E-state index contributed by atoms with van der Waals surface area (Å²) in [6.45, 7) is 4.63. The van der Waals surface area contributed by atoms with Gasteiger partial charge in [0.15, 0.2) is 17.1 Å². The topological polar surface area (TPSA) is 39.9 Å². The molecule has 0 spiro atoms. The Morgan fingerprint density at radius 2 is 1.89 bits per heavy atom. The van der Waals surface area contributed by atoms with Crippen LogP contribution < -0.4 is 4.74 Å². The van der Waals surface area contributed by atoms with Gasteiger partial charge in [-0.1, -0.05) is 47.1 Å². The zero-order valence-corrected chi connectivity index (χ0v) is 17.2. The van der Waals surface area contributed by atoms with Crippen LogP contribution >= 0.6 is 35.0 Å². The first kappa shape index (κ1) is 20.0. The fourth-order valence-electron chi connectivity index (χ4n) is 2.55. The number of halogens is 3. The SMILES string of the molecule is CCn1c(SCc2ccc(F)cc2)nnc1C(C)Oc1ccc(Cl)cc1Cl. The van der Waals surface area contributed by atoms with Crippen LogP contribution in [0.25, 0.3) is 0 Å². The number of nitrogens with zero attached hydrogens (tertiary/aromatic N) is 3. The Kier molecular flexibility index (Phi) is 6.63. The van der Waals surface area contributed by atoms with E-state index in [1.807, 2.05) is 18.4 Å². The highest BCUT2D eigenvalue weighted by atomic mass is 35.5. The van der Waals surface area contributed by atoms with Crippen LogP contribution in [-0.2, 0) is 12.3 Å². The van der Waals surface area contributed by atoms with Crippen molar-refractivity contribution in [2.45, 2.75) is 37.4 Å². The number of benzene rings is 2. The van der Waals surface area contributed by atoms with Gasteiger partial charge >= 0.3 is 0 Å². The van der Waals surface area contributed by atoms with Gasteiger partial charge in [-0.15, -0.1) is 10.2 Å². The maximum Gasteiger partial charge on any atom is 0.191 e. The van der Waals surface area contributed by atoms with E-state index < -0.39 is 0 Å². The summed E-state index contributed by atoms with van der Waals surface area (Å²) in [5.41, 5.74) is 1.02. The van der Waals surface area contributed by atoms with Crippen molar-refractivity contribution in [2.24, 2.45) is 0 Å².